The van der Waals surface area contributed by atoms with Gasteiger partial charge in [-0.3, -0.25) is 9.59 Å². The van der Waals surface area contributed by atoms with E-state index >= 15 is 0 Å². The fraction of sp³-hybridized carbons (Fsp3) is 0.417. The van der Waals surface area contributed by atoms with Crippen LogP contribution in [0, 0.1) is 11.2 Å². The molecule has 2 aromatic rings. The first-order valence-electron chi connectivity index (χ1n) is 10.5. The first-order valence-corrected chi connectivity index (χ1v) is 10.5. The first-order chi connectivity index (χ1) is 14.5. The van der Waals surface area contributed by atoms with Gasteiger partial charge in [-0.15, -0.1) is 0 Å². The lowest BCUT2D eigenvalue weighted by Crippen LogP contribution is -2.66. The van der Waals surface area contributed by atoms with Gasteiger partial charge in [0.25, 0.3) is 0 Å². The molecule has 2 saturated heterocycles. The summed E-state index contributed by atoms with van der Waals surface area (Å²) in [6.07, 6.45) is 2.78. The third kappa shape index (κ3) is 4.70. The Morgan fingerprint density at radius 2 is 1.87 bits per heavy atom. The lowest BCUT2D eigenvalue weighted by Gasteiger charge is -2.49. The fourth-order valence-electron chi connectivity index (χ4n) is 4.32. The van der Waals surface area contributed by atoms with Crippen molar-refractivity contribution in [2.45, 2.75) is 31.8 Å². The van der Waals surface area contributed by atoms with Crippen LogP contribution in [-0.2, 0) is 27.2 Å². The van der Waals surface area contributed by atoms with Crippen molar-refractivity contribution in [2.75, 3.05) is 26.2 Å². The number of hydrogen-bond acceptors (Lipinski definition) is 3. The molecule has 6 heteroatoms. The standard InChI is InChI=1S/C24H27FN2O3/c25-20-9-4-8-19(12-20)13-22(28)27-16-24(17-27,14-18-6-2-1-3-7-18)23(29)26-15-21-10-5-11-30-21/h1-4,6-9,12,21H,5,10-11,13-17H2,(H,26,29). The number of carbonyl (C=O) groups excluding carboxylic acids is 2. The molecule has 5 nitrogen and oxygen atoms in total. The van der Waals surface area contributed by atoms with Crippen molar-refractivity contribution in [1.82, 2.24) is 10.2 Å². The highest BCUT2D eigenvalue weighted by molar-refractivity contribution is 5.88. The Labute approximate surface area is 176 Å². The molecule has 2 aliphatic heterocycles. The number of carbonyl (C=O) groups is 2. The number of benzene rings is 2. The minimum Gasteiger partial charge on any atom is -0.376 e. The molecule has 0 radical (unpaired) electrons. The third-order valence-corrected chi connectivity index (χ3v) is 5.97. The van der Waals surface area contributed by atoms with Crippen molar-refractivity contribution in [3.05, 3.63) is 71.5 Å². The Balaban J connectivity index is 1.41. The summed E-state index contributed by atoms with van der Waals surface area (Å²) in [5.41, 5.74) is 1.07. The van der Waals surface area contributed by atoms with Gasteiger partial charge in [-0.1, -0.05) is 42.5 Å². The Hall–Kier alpha value is -2.73. The smallest absolute Gasteiger partial charge is 0.230 e. The van der Waals surface area contributed by atoms with E-state index in [4.69, 9.17) is 4.74 Å². The van der Waals surface area contributed by atoms with E-state index in [0.717, 1.165) is 25.0 Å². The summed E-state index contributed by atoms with van der Waals surface area (Å²) in [5.74, 6) is -0.469. The molecule has 158 valence electrons. The van der Waals surface area contributed by atoms with Crippen LogP contribution < -0.4 is 5.32 Å². The first kappa shape index (κ1) is 20.5. The van der Waals surface area contributed by atoms with E-state index in [1.807, 2.05) is 30.3 Å². The molecule has 1 N–H and O–H groups in total. The van der Waals surface area contributed by atoms with Gasteiger partial charge in [-0.2, -0.15) is 0 Å². The SMILES string of the molecule is O=C(Cc1cccc(F)c1)N1CC(Cc2ccccc2)(C(=O)NCC2CCCO2)C1. The van der Waals surface area contributed by atoms with Gasteiger partial charge in [0, 0.05) is 26.2 Å². The summed E-state index contributed by atoms with van der Waals surface area (Å²) in [6, 6.07) is 16.0. The summed E-state index contributed by atoms with van der Waals surface area (Å²) in [4.78, 5) is 27.5. The maximum absolute atomic E-state index is 13.4. The van der Waals surface area contributed by atoms with Gasteiger partial charge in [0.15, 0.2) is 0 Å². The highest BCUT2D eigenvalue weighted by Crippen LogP contribution is 2.35. The van der Waals surface area contributed by atoms with Gasteiger partial charge in [-0.25, -0.2) is 4.39 Å². The molecule has 2 aliphatic rings. The molecule has 1 atom stereocenters. The lowest BCUT2D eigenvalue weighted by molar-refractivity contribution is -0.153. The zero-order valence-corrected chi connectivity index (χ0v) is 17.0. The lowest BCUT2D eigenvalue weighted by atomic mass is 9.73. The Bertz CT molecular complexity index is 890. The van der Waals surface area contributed by atoms with Gasteiger partial charge in [-0.05, 0) is 42.5 Å². The van der Waals surface area contributed by atoms with E-state index in [2.05, 4.69) is 5.32 Å². The van der Waals surface area contributed by atoms with Crippen LogP contribution in [-0.4, -0.2) is 49.1 Å². The molecule has 2 amide bonds. The number of rotatable bonds is 7. The number of nitrogens with zero attached hydrogens (tertiary/aromatic N) is 1. The van der Waals surface area contributed by atoms with Crippen LogP contribution in [0.4, 0.5) is 4.39 Å². The molecule has 4 rings (SSSR count). The zero-order chi connectivity index (χ0) is 21.0. The molecule has 0 aliphatic carbocycles. The van der Waals surface area contributed by atoms with Crippen LogP contribution >= 0.6 is 0 Å². The van der Waals surface area contributed by atoms with Crippen LogP contribution in [0.1, 0.15) is 24.0 Å². The van der Waals surface area contributed by atoms with E-state index in [1.165, 1.54) is 12.1 Å². The topological polar surface area (TPSA) is 58.6 Å². The highest BCUT2D eigenvalue weighted by atomic mass is 19.1. The summed E-state index contributed by atoms with van der Waals surface area (Å²) < 4.78 is 19.0. The van der Waals surface area contributed by atoms with E-state index in [0.29, 0.717) is 31.6 Å². The predicted molar refractivity (Wildman–Crippen MR) is 111 cm³/mol. The van der Waals surface area contributed by atoms with Crippen molar-refractivity contribution in [2.24, 2.45) is 5.41 Å². The van der Waals surface area contributed by atoms with Crippen LogP contribution in [0.15, 0.2) is 54.6 Å². The van der Waals surface area contributed by atoms with Gasteiger partial charge < -0.3 is 15.0 Å². The normalized spacial score (nSPS) is 19.9. The summed E-state index contributed by atoms with van der Waals surface area (Å²) in [6.45, 7) is 1.99. The molecule has 0 aromatic heterocycles. The molecule has 2 aromatic carbocycles. The third-order valence-electron chi connectivity index (χ3n) is 5.97. The van der Waals surface area contributed by atoms with E-state index < -0.39 is 5.41 Å². The van der Waals surface area contributed by atoms with Gasteiger partial charge in [0.05, 0.1) is 17.9 Å². The summed E-state index contributed by atoms with van der Waals surface area (Å²) in [7, 11) is 0. The minimum absolute atomic E-state index is 0.0309. The van der Waals surface area contributed by atoms with Gasteiger partial charge >= 0.3 is 0 Å². The molecule has 2 fully saturated rings. The van der Waals surface area contributed by atoms with E-state index in [1.54, 1.807) is 17.0 Å². The summed E-state index contributed by atoms with van der Waals surface area (Å²) >= 11 is 0. The van der Waals surface area contributed by atoms with Crippen LogP contribution in [0.2, 0.25) is 0 Å². The van der Waals surface area contributed by atoms with Crippen molar-refractivity contribution in [1.29, 1.82) is 0 Å². The van der Waals surface area contributed by atoms with Crippen LogP contribution in [0.25, 0.3) is 0 Å². The second-order valence-corrected chi connectivity index (χ2v) is 8.34. The Kier molecular flexibility index (Phi) is 6.13. The average molecular weight is 410 g/mol. The molecule has 0 bridgehead atoms. The number of nitrogens with one attached hydrogen (secondary N) is 1. The van der Waals surface area contributed by atoms with Crippen LogP contribution in [0.3, 0.4) is 0 Å². The largest absolute Gasteiger partial charge is 0.376 e. The number of hydrogen-bond donors (Lipinski definition) is 1. The van der Waals surface area contributed by atoms with Crippen molar-refractivity contribution in [3.63, 3.8) is 0 Å². The highest BCUT2D eigenvalue weighted by Gasteiger charge is 2.50. The van der Waals surface area contributed by atoms with Crippen molar-refractivity contribution in [3.8, 4) is 0 Å². The zero-order valence-electron chi connectivity index (χ0n) is 17.0. The quantitative estimate of drug-likeness (QED) is 0.764. The van der Waals surface area contributed by atoms with Gasteiger partial charge in [0.2, 0.25) is 11.8 Å². The Morgan fingerprint density at radius 3 is 2.57 bits per heavy atom. The molecular weight excluding hydrogens is 383 g/mol. The monoisotopic (exact) mass is 410 g/mol. The average Bonchev–Trinajstić information content (AvgIpc) is 3.23. The van der Waals surface area contributed by atoms with E-state index in [9.17, 15) is 14.0 Å². The van der Waals surface area contributed by atoms with Crippen molar-refractivity contribution >= 4 is 11.8 Å². The molecule has 0 saturated carbocycles. The number of ether oxygens (including phenoxy) is 1. The fourth-order valence-corrected chi connectivity index (χ4v) is 4.32. The molecule has 1 unspecified atom stereocenters. The maximum Gasteiger partial charge on any atom is 0.230 e. The predicted octanol–water partition coefficient (Wildman–Crippen LogP) is 2.73. The number of amides is 2. The number of likely N-dealkylation sites (tertiary alicyclic amines) is 1. The second-order valence-electron chi connectivity index (χ2n) is 8.34. The van der Waals surface area contributed by atoms with E-state index in [-0.39, 0.29) is 30.2 Å². The molecule has 30 heavy (non-hydrogen) atoms. The Morgan fingerprint density at radius 1 is 1.10 bits per heavy atom. The van der Waals surface area contributed by atoms with Crippen LogP contribution in [0.5, 0.6) is 0 Å². The van der Waals surface area contributed by atoms with Gasteiger partial charge in [0.1, 0.15) is 5.82 Å². The minimum atomic E-state index is -0.641. The number of halogens is 1. The summed E-state index contributed by atoms with van der Waals surface area (Å²) in [5, 5.41) is 3.05. The molecular formula is C24H27FN2O3. The molecule has 0 spiro atoms. The molecule has 2 heterocycles. The maximum atomic E-state index is 13.4. The second kappa shape index (κ2) is 8.96. The van der Waals surface area contributed by atoms with Crippen molar-refractivity contribution < 1.29 is 18.7 Å².